The van der Waals surface area contributed by atoms with E-state index in [0.29, 0.717) is 12.3 Å². The van der Waals surface area contributed by atoms with Crippen LogP contribution in [-0.2, 0) is 6.54 Å². The van der Waals surface area contributed by atoms with Crippen molar-refractivity contribution < 1.29 is 19.1 Å². The molecule has 0 saturated carbocycles. The molecule has 1 atom stereocenters. The minimum atomic E-state index is -1.12. The highest BCUT2D eigenvalue weighted by molar-refractivity contribution is 5.84. The summed E-state index contributed by atoms with van der Waals surface area (Å²) in [6.45, 7) is 6.73. The predicted octanol–water partition coefficient (Wildman–Crippen LogP) is 2.31. The van der Waals surface area contributed by atoms with Crippen LogP contribution in [0.25, 0.3) is 0 Å². The molecule has 0 aliphatic heterocycles. The molecule has 0 aromatic carbocycles. The second kappa shape index (κ2) is 6.82. The van der Waals surface area contributed by atoms with E-state index < -0.39 is 5.97 Å². The molecule has 1 heterocycles. The molecule has 6 heteroatoms. The van der Waals surface area contributed by atoms with Crippen LogP contribution in [0.1, 0.15) is 43.5 Å². The van der Waals surface area contributed by atoms with Crippen molar-refractivity contribution >= 4 is 12.0 Å². The Morgan fingerprint density at radius 2 is 2.11 bits per heavy atom. The first kappa shape index (κ1) is 15.1. The fourth-order valence-corrected chi connectivity index (χ4v) is 1.73. The van der Waals surface area contributed by atoms with Gasteiger partial charge in [-0.2, -0.15) is 0 Å². The van der Waals surface area contributed by atoms with E-state index in [2.05, 4.69) is 5.32 Å². The molecule has 19 heavy (non-hydrogen) atoms. The van der Waals surface area contributed by atoms with E-state index in [-0.39, 0.29) is 24.4 Å². The summed E-state index contributed by atoms with van der Waals surface area (Å²) in [5, 5.41) is 11.4. The van der Waals surface area contributed by atoms with Gasteiger partial charge in [0, 0.05) is 12.6 Å². The second-order valence-electron chi connectivity index (χ2n) is 4.27. The first-order valence-electron chi connectivity index (χ1n) is 6.36. The Bertz CT molecular complexity index is 442. The summed E-state index contributed by atoms with van der Waals surface area (Å²) in [6, 6.07) is 2.90. The van der Waals surface area contributed by atoms with E-state index in [4.69, 9.17) is 9.52 Å². The number of carbonyl (C=O) groups excluding carboxylic acids is 1. The number of nitrogens with zero attached hydrogens (tertiary/aromatic N) is 1. The maximum absolute atomic E-state index is 11.9. The first-order chi connectivity index (χ1) is 8.99. The van der Waals surface area contributed by atoms with E-state index >= 15 is 0 Å². The second-order valence-corrected chi connectivity index (χ2v) is 4.27. The van der Waals surface area contributed by atoms with Gasteiger partial charge in [-0.25, -0.2) is 9.59 Å². The molecular weight excluding hydrogens is 248 g/mol. The van der Waals surface area contributed by atoms with Crippen LogP contribution in [0.5, 0.6) is 0 Å². The summed E-state index contributed by atoms with van der Waals surface area (Å²) in [5.41, 5.74) is 0. The normalized spacial score (nSPS) is 11.9. The molecule has 0 aliphatic carbocycles. The smallest absolute Gasteiger partial charge is 0.371 e. The monoisotopic (exact) mass is 268 g/mol. The number of carboxylic acids is 1. The Kier molecular flexibility index (Phi) is 5.41. The first-order valence-corrected chi connectivity index (χ1v) is 6.36. The lowest BCUT2D eigenvalue weighted by Gasteiger charge is -2.27. The Balaban J connectivity index is 2.55. The summed E-state index contributed by atoms with van der Waals surface area (Å²) in [7, 11) is 0. The standard InChI is InChI=1S/C13H20N2O4/c1-4-9(3)15(5-2)13(18)14-8-10-6-7-11(19-10)12(16)17/h6-7,9H,4-5,8H2,1-3H3,(H,14,18)(H,16,17). The summed E-state index contributed by atoms with van der Waals surface area (Å²) in [4.78, 5) is 24.3. The van der Waals surface area contributed by atoms with Crippen LogP contribution in [0.4, 0.5) is 4.79 Å². The quantitative estimate of drug-likeness (QED) is 0.829. The molecule has 1 aromatic rings. The van der Waals surface area contributed by atoms with Gasteiger partial charge in [0.1, 0.15) is 5.76 Å². The minimum absolute atomic E-state index is 0.126. The third-order valence-corrected chi connectivity index (χ3v) is 3.01. The molecular formula is C13H20N2O4. The predicted molar refractivity (Wildman–Crippen MR) is 70.0 cm³/mol. The van der Waals surface area contributed by atoms with E-state index in [0.717, 1.165) is 6.42 Å². The Labute approximate surface area is 112 Å². The van der Waals surface area contributed by atoms with Crippen LogP contribution in [0, 0.1) is 0 Å². The van der Waals surface area contributed by atoms with Gasteiger partial charge in [0.2, 0.25) is 5.76 Å². The third-order valence-electron chi connectivity index (χ3n) is 3.01. The highest BCUT2D eigenvalue weighted by Gasteiger charge is 2.17. The van der Waals surface area contributed by atoms with Gasteiger partial charge in [0.25, 0.3) is 0 Å². The topological polar surface area (TPSA) is 82.8 Å². The molecule has 0 saturated heterocycles. The van der Waals surface area contributed by atoms with E-state index in [9.17, 15) is 9.59 Å². The van der Waals surface area contributed by atoms with Crippen LogP contribution in [0.15, 0.2) is 16.5 Å². The molecule has 2 amide bonds. The van der Waals surface area contributed by atoms with Crippen LogP contribution in [0.2, 0.25) is 0 Å². The highest BCUT2D eigenvalue weighted by Crippen LogP contribution is 2.08. The van der Waals surface area contributed by atoms with Gasteiger partial charge in [-0.1, -0.05) is 6.92 Å². The van der Waals surface area contributed by atoms with Gasteiger partial charge >= 0.3 is 12.0 Å². The zero-order valence-electron chi connectivity index (χ0n) is 11.5. The largest absolute Gasteiger partial charge is 0.475 e. The summed E-state index contributed by atoms with van der Waals surface area (Å²) >= 11 is 0. The zero-order valence-corrected chi connectivity index (χ0v) is 11.5. The summed E-state index contributed by atoms with van der Waals surface area (Å²) < 4.78 is 5.06. The van der Waals surface area contributed by atoms with Crippen molar-refractivity contribution in [3.8, 4) is 0 Å². The number of rotatable bonds is 6. The van der Waals surface area contributed by atoms with Gasteiger partial charge < -0.3 is 19.7 Å². The molecule has 0 fully saturated rings. The lowest BCUT2D eigenvalue weighted by Crippen LogP contribution is -2.44. The lowest BCUT2D eigenvalue weighted by atomic mass is 10.2. The van der Waals surface area contributed by atoms with Crippen LogP contribution < -0.4 is 5.32 Å². The van der Waals surface area contributed by atoms with Gasteiger partial charge in [-0.15, -0.1) is 0 Å². The maximum atomic E-state index is 11.9. The number of hydrogen-bond donors (Lipinski definition) is 2. The van der Waals surface area contributed by atoms with Crippen molar-refractivity contribution in [1.29, 1.82) is 0 Å². The molecule has 0 bridgehead atoms. The van der Waals surface area contributed by atoms with Gasteiger partial charge in [-0.05, 0) is 32.4 Å². The molecule has 1 unspecified atom stereocenters. The minimum Gasteiger partial charge on any atom is -0.475 e. The number of urea groups is 1. The fraction of sp³-hybridized carbons (Fsp3) is 0.538. The number of carboxylic acid groups (broad SMARTS) is 1. The molecule has 106 valence electrons. The van der Waals surface area contributed by atoms with E-state index in [1.165, 1.54) is 6.07 Å². The van der Waals surface area contributed by atoms with Crippen molar-refractivity contribution in [2.24, 2.45) is 0 Å². The third kappa shape index (κ3) is 4.01. The molecule has 6 nitrogen and oxygen atoms in total. The van der Waals surface area contributed by atoms with E-state index in [1.807, 2.05) is 20.8 Å². The number of hydrogen-bond acceptors (Lipinski definition) is 3. The average Bonchev–Trinajstić information content (AvgIpc) is 2.85. The van der Waals surface area contributed by atoms with Gasteiger partial charge in [-0.3, -0.25) is 0 Å². The van der Waals surface area contributed by atoms with Gasteiger partial charge in [0.05, 0.1) is 6.54 Å². The fourth-order valence-electron chi connectivity index (χ4n) is 1.73. The van der Waals surface area contributed by atoms with Crippen molar-refractivity contribution in [2.75, 3.05) is 6.54 Å². The summed E-state index contributed by atoms with van der Waals surface area (Å²) in [5.74, 6) is -0.822. The molecule has 2 N–H and O–H groups in total. The molecule has 0 radical (unpaired) electrons. The highest BCUT2D eigenvalue weighted by atomic mass is 16.4. The van der Waals surface area contributed by atoms with Crippen LogP contribution >= 0.6 is 0 Å². The zero-order chi connectivity index (χ0) is 14.4. The van der Waals surface area contributed by atoms with Crippen LogP contribution in [-0.4, -0.2) is 34.6 Å². The van der Waals surface area contributed by atoms with E-state index in [1.54, 1.807) is 11.0 Å². The lowest BCUT2D eigenvalue weighted by molar-refractivity contribution is 0.0660. The molecule has 0 aliphatic rings. The van der Waals surface area contributed by atoms with Crippen LogP contribution in [0.3, 0.4) is 0 Å². The average molecular weight is 268 g/mol. The number of nitrogens with one attached hydrogen (secondary N) is 1. The van der Waals surface area contributed by atoms with Crippen molar-refractivity contribution in [2.45, 2.75) is 39.8 Å². The molecule has 1 aromatic heterocycles. The molecule has 0 spiro atoms. The van der Waals surface area contributed by atoms with Gasteiger partial charge in [0.15, 0.2) is 0 Å². The van der Waals surface area contributed by atoms with Crippen molar-refractivity contribution in [3.05, 3.63) is 23.7 Å². The maximum Gasteiger partial charge on any atom is 0.371 e. The summed E-state index contributed by atoms with van der Waals surface area (Å²) in [6.07, 6.45) is 0.880. The van der Waals surface area contributed by atoms with Crippen molar-refractivity contribution in [3.63, 3.8) is 0 Å². The number of carbonyl (C=O) groups is 2. The molecule has 1 rings (SSSR count). The Morgan fingerprint density at radius 1 is 1.42 bits per heavy atom. The van der Waals surface area contributed by atoms with Crippen molar-refractivity contribution in [1.82, 2.24) is 10.2 Å². The number of furan rings is 1. The SMILES string of the molecule is CCC(C)N(CC)C(=O)NCc1ccc(C(=O)O)o1. The number of amides is 2. The Morgan fingerprint density at radius 3 is 2.58 bits per heavy atom. The Hall–Kier alpha value is -1.98. The number of aromatic carboxylic acids is 1.